The van der Waals surface area contributed by atoms with Crippen LogP contribution in [0.15, 0.2) is 18.2 Å². The van der Waals surface area contributed by atoms with Gasteiger partial charge in [-0.3, -0.25) is 4.79 Å². The Morgan fingerprint density at radius 1 is 1.38 bits per heavy atom. The van der Waals surface area contributed by atoms with Crippen molar-refractivity contribution in [3.8, 4) is 0 Å². The fraction of sp³-hybridized carbons (Fsp3) is 0.588. The van der Waals surface area contributed by atoms with Crippen LogP contribution in [0.1, 0.15) is 48.0 Å². The van der Waals surface area contributed by atoms with Crippen molar-refractivity contribution in [3.05, 3.63) is 29.3 Å². The molecule has 2 unspecified atom stereocenters. The highest BCUT2D eigenvalue weighted by Gasteiger charge is 2.43. The van der Waals surface area contributed by atoms with Gasteiger partial charge in [0.05, 0.1) is 5.60 Å². The number of aliphatic hydroxyl groups is 1. The Morgan fingerprint density at radius 3 is 2.95 bits per heavy atom. The summed E-state index contributed by atoms with van der Waals surface area (Å²) >= 11 is 0. The van der Waals surface area contributed by atoms with Gasteiger partial charge >= 0.3 is 0 Å². The predicted octanol–water partition coefficient (Wildman–Crippen LogP) is 2.34. The summed E-state index contributed by atoms with van der Waals surface area (Å²) in [4.78, 5) is 14.5. The Balaban J connectivity index is 1.75. The number of fused-ring (bicyclic) bond motifs is 1. The van der Waals surface area contributed by atoms with Crippen molar-refractivity contribution >= 4 is 11.6 Å². The van der Waals surface area contributed by atoms with Crippen LogP contribution >= 0.6 is 0 Å². The molecule has 3 N–H and O–H groups in total. The Bertz CT molecular complexity index is 558. The van der Waals surface area contributed by atoms with E-state index in [0.29, 0.717) is 30.8 Å². The molecule has 114 valence electrons. The molecule has 1 aromatic carbocycles. The zero-order chi connectivity index (χ0) is 15.0. The Labute approximate surface area is 125 Å². The number of hydrogen-bond acceptors (Lipinski definition) is 3. The number of benzene rings is 1. The lowest BCUT2D eigenvalue weighted by Gasteiger charge is -2.47. The van der Waals surface area contributed by atoms with Crippen molar-refractivity contribution in [2.45, 2.75) is 44.6 Å². The monoisotopic (exact) mass is 288 g/mol. The molecule has 1 aromatic rings. The van der Waals surface area contributed by atoms with E-state index in [1.165, 1.54) is 0 Å². The number of nitrogens with zero attached hydrogens (tertiary/aromatic N) is 1. The summed E-state index contributed by atoms with van der Waals surface area (Å²) in [7, 11) is 0. The zero-order valence-electron chi connectivity index (χ0n) is 12.6. The molecule has 1 aliphatic carbocycles. The molecular formula is C17H24N2O2. The van der Waals surface area contributed by atoms with Gasteiger partial charge in [-0.25, -0.2) is 0 Å². The number of aryl methyl sites for hydroxylation is 1. The largest absolute Gasteiger partial charge is 0.398 e. The van der Waals surface area contributed by atoms with Gasteiger partial charge in [0.25, 0.3) is 5.91 Å². The average molecular weight is 288 g/mol. The van der Waals surface area contributed by atoms with Gasteiger partial charge in [0.15, 0.2) is 0 Å². The van der Waals surface area contributed by atoms with Crippen LogP contribution in [0.3, 0.4) is 0 Å². The van der Waals surface area contributed by atoms with Gasteiger partial charge in [0.1, 0.15) is 0 Å². The Hall–Kier alpha value is -1.55. The van der Waals surface area contributed by atoms with Gasteiger partial charge in [0.2, 0.25) is 0 Å². The molecule has 1 amide bonds. The molecule has 0 radical (unpaired) electrons. The first-order chi connectivity index (χ1) is 9.99. The normalized spacial score (nSPS) is 29.0. The fourth-order valence-corrected chi connectivity index (χ4v) is 3.71. The maximum absolute atomic E-state index is 12.6. The molecule has 2 fully saturated rings. The third-order valence-electron chi connectivity index (χ3n) is 5.24. The third kappa shape index (κ3) is 2.64. The molecule has 4 nitrogen and oxygen atoms in total. The van der Waals surface area contributed by atoms with Gasteiger partial charge in [0, 0.05) is 30.3 Å². The molecule has 1 saturated carbocycles. The summed E-state index contributed by atoms with van der Waals surface area (Å²) in [6.45, 7) is 3.25. The second-order valence-electron chi connectivity index (χ2n) is 6.62. The smallest absolute Gasteiger partial charge is 0.253 e. The standard InChI is InChI=1S/C17H24N2O2/c1-12-5-6-13(10-15(12)18)16(20)19-9-8-17(21)7-3-2-4-14(17)11-19/h5-6,10,14,21H,2-4,7-9,11,18H2,1H3. The molecule has 1 aliphatic heterocycles. The molecule has 21 heavy (non-hydrogen) atoms. The number of hydrogen-bond donors (Lipinski definition) is 2. The molecule has 0 spiro atoms. The molecular weight excluding hydrogens is 264 g/mol. The van der Waals surface area contributed by atoms with Crippen LogP contribution in [0.2, 0.25) is 0 Å². The number of carbonyl (C=O) groups excluding carboxylic acids is 1. The second-order valence-corrected chi connectivity index (χ2v) is 6.62. The van der Waals surface area contributed by atoms with E-state index in [-0.39, 0.29) is 11.8 Å². The van der Waals surface area contributed by atoms with Crippen LogP contribution < -0.4 is 5.73 Å². The summed E-state index contributed by atoms with van der Waals surface area (Å²) in [6, 6.07) is 5.50. The molecule has 3 rings (SSSR count). The first-order valence-corrected chi connectivity index (χ1v) is 7.87. The highest BCUT2D eigenvalue weighted by atomic mass is 16.3. The van der Waals surface area contributed by atoms with Crippen molar-refractivity contribution in [3.63, 3.8) is 0 Å². The summed E-state index contributed by atoms with van der Waals surface area (Å²) in [5.41, 5.74) is 7.67. The molecule has 4 heteroatoms. The van der Waals surface area contributed by atoms with Crippen LogP contribution in [0.25, 0.3) is 0 Å². The summed E-state index contributed by atoms with van der Waals surface area (Å²) < 4.78 is 0. The Morgan fingerprint density at radius 2 is 2.19 bits per heavy atom. The van der Waals surface area contributed by atoms with Gasteiger partial charge in [-0.05, 0) is 43.9 Å². The lowest BCUT2D eigenvalue weighted by Crippen LogP contribution is -2.54. The van der Waals surface area contributed by atoms with E-state index in [9.17, 15) is 9.90 Å². The van der Waals surface area contributed by atoms with Gasteiger partial charge in [-0.15, -0.1) is 0 Å². The SMILES string of the molecule is Cc1ccc(C(=O)N2CCC3(O)CCCCC3C2)cc1N. The minimum absolute atomic E-state index is 0.0364. The number of likely N-dealkylation sites (tertiary alicyclic amines) is 1. The number of piperidine rings is 1. The van der Waals surface area contributed by atoms with Crippen molar-refractivity contribution in [2.24, 2.45) is 5.92 Å². The van der Waals surface area contributed by atoms with Crippen molar-refractivity contribution < 1.29 is 9.90 Å². The van der Waals surface area contributed by atoms with E-state index in [0.717, 1.165) is 31.2 Å². The van der Waals surface area contributed by atoms with Crippen LogP contribution in [-0.4, -0.2) is 34.6 Å². The van der Waals surface area contributed by atoms with E-state index in [2.05, 4.69) is 0 Å². The summed E-state index contributed by atoms with van der Waals surface area (Å²) in [5, 5.41) is 10.7. The average Bonchev–Trinajstić information content (AvgIpc) is 2.48. The van der Waals surface area contributed by atoms with Crippen LogP contribution in [0.4, 0.5) is 5.69 Å². The maximum Gasteiger partial charge on any atom is 0.253 e. The molecule has 2 aliphatic rings. The minimum Gasteiger partial charge on any atom is -0.398 e. The Kier molecular flexibility index (Phi) is 3.66. The van der Waals surface area contributed by atoms with Crippen molar-refractivity contribution in [2.75, 3.05) is 18.8 Å². The van der Waals surface area contributed by atoms with Crippen LogP contribution in [0.5, 0.6) is 0 Å². The second kappa shape index (κ2) is 5.34. The van der Waals surface area contributed by atoms with E-state index in [1.807, 2.05) is 24.0 Å². The maximum atomic E-state index is 12.6. The molecule has 1 saturated heterocycles. The van der Waals surface area contributed by atoms with Crippen LogP contribution in [-0.2, 0) is 0 Å². The third-order valence-corrected chi connectivity index (χ3v) is 5.24. The molecule has 2 atom stereocenters. The van der Waals surface area contributed by atoms with Gasteiger partial charge < -0.3 is 15.7 Å². The molecule has 0 aromatic heterocycles. The van der Waals surface area contributed by atoms with E-state index >= 15 is 0 Å². The van der Waals surface area contributed by atoms with E-state index < -0.39 is 5.60 Å². The van der Waals surface area contributed by atoms with Crippen LogP contribution in [0, 0.1) is 12.8 Å². The minimum atomic E-state index is -0.540. The molecule has 0 bridgehead atoms. The summed E-state index contributed by atoms with van der Waals surface area (Å²) in [6.07, 6.45) is 4.88. The molecule has 1 heterocycles. The summed E-state index contributed by atoms with van der Waals surface area (Å²) in [5.74, 6) is 0.265. The van der Waals surface area contributed by atoms with Gasteiger partial charge in [-0.1, -0.05) is 18.9 Å². The zero-order valence-corrected chi connectivity index (χ0v) is 12.6. The highest BCUT2D eigenvalue weighted by molar-refractivity contribution is 5.95. The lowest BCUT2D eigenvalue weighted by atomic mass is 9.71. The number of nitrogens with two attached hydrogens (primary N) is 1. The first-order valence-electron chi connectivity index (χ1n) is 7.87. The fourth-order valence-electron chi connectivity index (χ4n) is 3.71. The van der Waals surface area contributed by atoms with E-state index in [1.54, 1.807) is 6.07 Å². The highest BCUT2D eigenvalue weighted by Crippen LogP contribution is 2.40. The number of nitrogen functional groups attached to an aromatic ring is 1. The van der Waals surface area contributed by atoms with E-state index in [4.69, 9.17) is 5.73 Å². The van der Waals surface area contributed by atoms with Crippen molar-refractivity contribution in [1.82, 2.24) is 4.90 Å². The predicted molar refractivity (Wildman–Crippen MR) is 83.0 cm³/mol. The van der Waals surface area contributed by atoms with Crippen molar-refractivity contribution in [1.29, 1.82) is 0 Å². The lowest BCUT2D eigenvalue weighted by molar-refractivity contribution is -0.0886. The number of rotatable bonds is 1. The van der Waals surface area contributed by atoms with Gasteiger partial charge in [-0.2, -0.15) is 0 Å². The quantitative estimate of drug-likeness (QED) is 0.780. The topological polar surface area (TPSA) is 66.6 Å². The number of carbonyl (C=O) groups is 1. The number of anilines is 1. The first kappa shape index (κ1) is 14.4. The number of amides is 1.